The van der Waals surface area contributed by atoms with Gasteiger partial charge in [-0.25, -0.2) is 0 Å². The normalized spacial score (nSPS) is 16.0. The highest BCUT2D eigenvalue weighted by Crippen LogP contribution is 2.41. The molecule has 2 aromatic carbocycles. The van der Waals surface area contributed by atoms with Gasteiger partial charge in [-0.3, -0.25) is 9.88 Å². The van der Waals surface area contributed by atoms with E-state index in [2.05, 4.69) is 129 Å². The SMILES string of the molecule is CCc1cccc(CC)c1-c1cc(CCC(C)(C)O[Si](C)(C)C(C)(C)C)c(CN(C)C2CCCc3ccccc32)c(C)n1. The molecule has 43 heavy (non-hydrogen) atoms. The molecule has 1 atom stereocenters. The van der Waals surface area contributed by atoms with Gasteiger partial charge in [-0.1, -0.05) is 77.1 Å². The Bertz CT molecular complexity index is 1380. The number of hydrogen-bond acceptors (Lipinski definition) is 3. The topological polar surface area (TPSA) is 25.4 Å². The van der Waals surface area contributed by atoms with Gasteiger partial charge in [-0.15, -0.1) is 0 Å². The number of aromatic nitrogens is 1. The number of aryl methyl sites for hydroxylation is 5. The fourth-order valence-electron chi connectivity index (χ4n) is 6.78. The molecule has 1 aliphatic carbocycles. The van der Waals surface area contributed by atoms with E-state index >= 15 is 0 Å². The van der Waals surface area contributed by atoms with E-state index in [4.69, 9.17) is 9.41 Å². The van der Waals surface area contributed by atoms with Crippen LogP contribution in [0.25, 0.3) is 11.3 Å². The van der Waals surface area contributed by atoms with Crippen molar-refractivity contribution in [3.63, 3.8) is 0 Å². The molecule has 1 unspecified atom stereocenters. The Kier molecular flexibility index (Phi) is 10.5. The van der Waals surface area contributed by atoms with Crippen LogP contribution in [-0.4, -0.2) is 30.9 Å². The molecule has 0 saturated heterocycles. The molecule has 0 radical (unpaired) electrons. The van der Waals surface area contributed by atoms with E-state index in [9.17, 15) is 0 Å². The molecular weight excluding hydrogens is 541 g/mol. The maximum atomic E-state index is 7.00. The van der Waals surface area contributed by atoms with Gasteiger partial charge in [0.25, 0.3) is 0 Å². The van der Waals surface area contributed by atoms with E-state index in [1.165, 1.54) is 63.9 Å². The minimum absolute atomic E-state index is 0.190. The Morgan fingerprint density at radius 1 is 0.930 bits per heavy atom. The van der Waals surface area contributed by atoms with Crippen molar-refractivity contribution in [2.45, 2.75) is 137 Å². The van der Waals surface area contributed by atoms with E-state index in [-0.39, 0.29) is 10.6 Å². The lowest BCUT2D eigenvalue weighted by Crippen LogP contribution is -2.47. The number of nitrogens with zero attached hydrogens (tertiary/aromatic N) is 2. The largest absolute Gasteiger partial charge is 0.412 e. The van der Waals surface area contributed by atoms with Gasteiger partial charge in [-0.2, -0.15) is 0 Å². The summed E-state index contributed by atoms with van der Waals surface area (Å²) >= 11 is 0. The third-order valence-corrected chi connectivity index (χ3v) is 15.0. The van der Waals surface area contributed by atoms with Crippen LogP contribution in [0, 0.1) is 6.92 Å². The van der Waals surface area contributed by atoms with Crippen LogP contribution in [0.15, 0.2) is 48.5 Å². The summed E-state index contributed by atoms with van der Waals surface area (Å²) in [7, 11) is 0.421. The highest BCUT2D eigenvalue weighted by molar-refractivity contribution is 6.74. The number of fused-ring (bicyclic) bond motifs is 1. The molecule has 3 aromatic rings. The van der Waals surface area contributed by atoms with E-state index in [1.54, 1.807) is 0 Å². The van der Waals surface area contributed by atoms with Crippen molar-refractivity contribution in [3.05, 3.63) is 87.6 Å². The second kappa shape index (κ2) is 13.4. The third-order valence-electron chi connectivity index (χ3n) is 10.3. The predicted molar refractivity (Wildman–Crippen MR) is 187 cm³/mol. The number of pyridine rings is 1. The summed E-state index contributed by atoms with van der Waals surface area (Å²) in [6.07, 6.45) is 7.66. The van der Waals surface area contributed by atoms with Gasteiger partial charge in [0, 0.05) is 23.8 Å². The molecule has 0 spiro atoms. The van der Waals surface area contributed by atoms with Crippen molar-refractivity contribution >= 4 is 8.32 Å². The van der Waals surface area contributed by atoms with Crippen molar-refractivity contribution in [3.8, 4) is 11.3 Å². The second-order valence-electron chi connectivity index (χ2n) is 15.0. The van der Waals surface area contributed by atoms with Gasteiger partial charge in [0.05, 0.1) is 11.3 Å². The number of hydrogen-bond donors (Lipinski definition) is 0. The standard InChI is InChI=1S/C39H58N2OSi/c1-12-29-19-16-20-30(13-2)37(29)35-26-32(24-25-39(7,8)42-43(10,11)38(4,5)6)34(28(3)40-35)27-41(9)36-23-17-21-31-18-14-15-22-33(31)36/h14-16,18-20,22,26,36H,12-13,17,21,23-25,27H2,1-11H3. The minimum atomic E-state index is -1.89. The predicted octanol–water partition coefficient (Wildman–Crippen LogP) is 10.4. The lowest BCUT2D eigenvalue weighted by atomic mass is 9.86. The smallest absolute Gasteiger partial charge is 0.192 e. The fourth-order valence-corrected chi connectivity index (χ4v) is 8.57. The lowest BCUT2D eigenvalue weighted by molar-refractivity contribution is 0.0825. The van der Waals surface area contributed by atoms with Crippen molar-refractivity contribution in [2.24, 2.45) is 0 Å². The first-order chi connectivity index (χ1) is 20.2. The van der Waals surface area contributed by atoms with Crippen LogP contribution in [0.2, 0.25) is 18.1 Å². The monoisotopic (exact) mass is 598 g/mol. The number of benzene rings is 2. The Balaban J connectivity index is 1.73. The molecular formula is C39H58N2OSi. The highest BCUT2D eigenvalue weighted by atomic mass is 28.4. The van der Waals surface area contributed by atoms with Gasteiger partial charge >= 0.3 is 0 Å². The van der Waals surface area contributed by atoms with Crippen LogP contribution in [0.3, 0.4) is 0 Å². The summed E-state index contributed by atoms with van der Waals surface area (Å²) in [4.78, 5) is 7.93. The maximum absolute atomic E-state index is 7.00. The molecule has 4 heteroatoms. The summed E-state index contributed by atoms with van der Waals surface area (Å²) in [6, 6.07) is 18.7. The third kappa shape index (κ3) is 7.69. The quantitative estimate of drug-likeness (QED) is 0.205. The van der Waals surface area contributed by atoms with Crippen molar-refractivity contribution in [1.82, 2.24) is 9.88 Å². The van der Waals surface area contributed by atoms with E-state index < -0.39 is 8.32 Å². The molecule has 0 amide bonds. The summed E-state index contributed by atoms with van der Waals surface area (Å²) in [5.41, 5.74) is 12.1. The maximum Gasteiger partial charge on any atom is 0.192 e. The van der Waals surface area contributed by atoms with Crippen LogP contribution < -0.4 is 0 Å². The summed E-state index contributed by atoms with van der Waals surface area (Å²) in [5.74, 6) is 0. The molecule has 1 aromatic heterocycles. The molecule has 1 aliphatic rings. The zero-order valence-corrected chi connectivity index (χ0v) is 30.2. The van der Waals surface area contributed by atoms with Gasteiger partial charge in [0.1, 0.15) is 0 Å². The van der Waals surface area contributed by atoms with Crippen LogP contribution in [0.5, 0.6) is 0 Å². The Hall–Kier alpha value is -2.27. The molecule has 4 rings (SSSR count). The first-order valence-corrected chi connectivity index (χ1v) is 19.7. The minimum Gasteiger partial charge on any atom is -0.412 e. The lowest BCUT2D eigenvalue weighted by Gasteiger charge is -2.43. The first-order valence-electron chi connectivity index (χ1n) is 16.8. The van der Waals surface area contributed by atoms with Gasteiger partial charge in [0.2, 0.25) is 0 Å². The zero-order chi connectivity index (χ0) is 31.6. The van der Waals surface area contributed by atoms with Crippen LogP contribution in [0.4, 0.5) is 0 Å². The molecule has 0 fully saturated rings. The average Bonchev–Trinajstić information content (AvgIpc) is 2.95. The van der Waals surface area contributed by atoms with Crippen molar-refractivity contribution in [1.29, 1.82) is 0 Å². The fraction of sp³-hybridized carbons (Fsp3) is 0.564. The van der Waals surface area contributed by atoms with Crippen LogP contribution >= 0.6 is 0 Å². The second-order valence-corrected chi connectivity index (χ2v) is 19.8. The molecule has 0 bridgehead atoms. The van der Waals surface area contributed by atoms with E-state index in [0.717, 1.165) is 37.9 Å². The molecule has 0 aliphatic heterocycles. The first kappa shape index (κ1) is 33.6. The zero-order valence-electron chi connectivity index (χ0n) is 29.2. The molecule has 0 N–H and O–H groups in total. The summed E-state index contributed by atoms with van der Waals surface area (Å²) in [5, 5.41) is 0.190. The molecule has 0 saturated carbocycles. The summed E-state index contributed by atoms with van der Waals surface area (Å²) < 4.78 is 7.00. The van der Waals surface area contributed by atoms with E-state index in [1.807, 2.05) is 0 Å². The van der Waals surface area contributed by atoms with E-state index in [0.29, 0.717) is 6.04 Å². The molecule has 1 heterocycles. The Morgan fingerprint density at radius 3 is 2.21 bits per heavy atom. The van der Waals surface area contributed by atoms with Gasteiger partial charge in [-0.05, 0) is 130 Å². The Morgan fingerprint density at radius 2 is 1.58 bits per heavy atom. The Labute approximate surface area is 264 Å². The highest BCUT2D eigenvalue weighted by Gasteiger charge is 2.41. The van der Waals surface area contributed by atoms with Crippen LogP contribution in [-0.2, 0) is 36.7 Å². The van der Waals surface area contributed by atoms with Crippen molar-refractivity contribution < 1.29 is 4.43 Å². The molecule has 234 valence electrons. The van der Waals surface area contributed by atoms with Crippen LogP contribution in [0.1, 0.15) is 113 Å². The molecule has 3 nitrogen and oxygen atoms in total. The van der Waals surface area contributed by atoms with Gasteiger partial charge < -0.3 is 4.43 Å². The number of rotatable bonds is 11. The van der Waals surface area contributed by atoms with Crippen molar-refractivity contribution in [2.75, 3.05) is 7.05 Å². The average molecular weight is 599 g/mol. The van der Waals surface area contributed by atoms with Gasteiger partial charge in [0.15, 0.2) is 8.32 Å². The summed E-state index contributed by atoms with van der Waals surface area (Å²) in [6.45, 7) is 24.0.